The normalized spacial score (nSPS) is 17.5. The van der Waals surface area contributed by atoms with Crippen molar-refractivity contribution in [2.75, 3.05) is 13.1 Å². The average Bonchev–Trinajstić information content (AvgIpc) is 2.66. The predicted octanol–water partition coefficient (Wildman–Crippen LogP) is 1.64. The summed E-state index contributed by atoms with van der Waals surface area (Å²) >= 11 is 0. The van der Waals surface area contributed by atoms with Gasteiger partial charge in [0, 0.05) is 30.6 Å². The highest BCUT2D eigenvalue weighted by Crippen LogP contribution is 2.24. The maximum absolute atomic E-state index is 12.8. The fourth-order valence-electron chi connectivity index (χ4n) is 3.66. The molecule has 1 aliphatic rings. The number of nitrogens with two attached hydrogens (primary N) is 1. The van der Waals surface area contributed by atoms with Crippen LogP contribution in [0.4, 0.5) is 0 Å². The van der Waals surface area contributed by atoms with Crippen LogP contribution < -0.4 is 11.1 Å². The minimum absolute atomic E-state index is 0.0242. The zero-order chi connectivity index (χ0) is 19.6. The van der Waals surface area contributed by atoms with Crippen molar-refractivity contribution in [2.45, 2.75) is 38.8 Å². The van der Waals surface area contributed by atoms with Crippen LogP contribution in [0.3, 0.4) is 0 Å². The molecule has 27 heavy (non-hydrogen) atoms. The van der Waals surface area contributed by atoms with Gasteiger partial charge in [0.15, 0.2) is 0 Å². The van der Waals surface area contributed by atoms with Crippen LogP contribution in [0.2, 0.25) is 0 Å². The van der Waals surface area contributed by atoms with E-state index in [0.29, 0.717) is 29.6 Å². The fraction of sp³-hybridized carbons (Fsp3) is 0.450. The van der Waals surface area contributed by atoms with Gasteiger partial charge in [0.2, 0.25) is 11.8 Å². The minimum atomic E-state index is -0.480. The lowest BCUT2D eigenvalue weighted by molar-refractivity contribution is -0.133. The standard InChI is InChI=1S/C20H26N4O3/c1-12(21)20(27)24-9-7-14(8-10-24)13(2)22-19(26)16-11-18(25)23-17-6-4-3-5-15(16)17/h3-6,11-14H,7-10,21H2,1-2H3,(H,22,26)(H,23,25)/t12-,13?/m0/s1. The molecule has 3 rings (SSSR count). The molecule has 4 N–H and O–H groups in total. The van der Waals surface area contributed by atoms with E-state index in [2.05, 4.69) is 10.3 Å². The number of para-hydroxylation sites is 1. The third kappa shape index (κ3) is 4.19. The number of carbonyl (C=O) groups is 2. The number of aromatic nitrogens is 1. The van der Waals surface area contributed by atoms with Gasteiger partial charge in [0.05, 0.1) is 17.1 Å². The second kappa shape index (κ2) is 7.92. The zero-order valence-electron chi connectivity index (χ0n) is 15.7. The van der Waals surface area contributed by atoms with E-state index < -0.39 is 6.04 Å². The molecule has 0 bridgehead atoms. The van der Waals surface area contributed by atoms with Crippen LogP contribution in [0.5, 0.6) is 5.88 Å². The summed E-state index contributed by atoms with van der Waals surface area (Å²) in [5.74, 6) is -0.142. The van der Waals surface area contributed by atoms with Crippen molar-refractivity contribution in [1.29, 1.82) is 0 Å². The van der Waals surface area contributed by atoms with Gasteiger partial charge >= 0.3 is 0 Å². The van der Waals surface area contributed by atoms with Gasteiger partial charge in [-0.2, -0.15) is 0 Å². The number of pyridine rings is 1. The van der Waals surface area contributed by atoms with Crippen molar-refractivity contribution in [3.63, 3.8) is 0 Å². The molecule has 1 aromatic carbocycles. The average molecular weight is 370 g/mol. The Morgan fingerprint density at radius 3 is 2.59 bits per heavy atom. The molecule has 1 fully saturated rings. The summed E-state index contributed by atoms with van der Waals surface area (Å²) in [4.78, 5) is 30.6. The Hall–Kier alpha value is -2.67. The second-order valence-electron chi connectivity index (χ2n) is 7.26. The Labute approximate surface area is 158 Å². The number of nitrogens with zero attached hydrogens (tertiary/aromatic N) is 2. The van der Waals surface area contributed by atoms with E-state index in [-0.39, 0.29) is 29.7 Å². The number of piperidine rings is 1. The fourth-order valence-corrected chi connectivity index (χ4v) is 3.66. The molecule has 2 atom stereocenters. The number of aromatic hydroxyl groups is 1. The first kappa shape index (κ1) is 19.1. The molecule has 0 saturated carbocycles. The van der Waals surface area contributed by atoms with Gasteiger partial charge in [-0.05, 0) is 38.7 Å². The summed E-state index contributed by atoms with van der Waals surface area (Å²) < 4.78 is 0. The first-order chi connectivity index (χ1) is 12.9. The number of amides is 2. The summed E-state index contributed by atoms with van der Waals surface area (Å²) in [5.41, 5.74) is 6.67. The lowest BCUT2D eigenvalue weighted by atomic mass is 9.90. The minimum Gasteiger partial charge on any atom is -0.493 e. The number of nitrogens with one attached hydrogen (secondary N) is 1. The molecule has 2 amide bonds. The number of benzene rings is 1. The summed E-state index contributed by atoms with van der Waals surface area (Å²) in [6.07, 6.45) is 1.64. The highest BCUT2D eigenvalue weighted by molar-refractivity contribution is 6.06. The van der Waals surface area contributed by atoms with Gasteiger partial charge in [-0.3, -0.25) is 9.59 Å². The van der Waals surface area contributed by atoms with Crippen LogP contribution in [0, 0.1) is 5.92 Å². The third-order valence-electron chi connectivity index (χ3n) is 5.25. The summed E-state index contributed by atoms with van der Waals surface area (Å²) in [5, 5.41) is 13.6. The molecule has 2 heterocycles. The Bertz CT molecular complexity index is 844. The van der Waals surface area contributed by atoms with E-state index in [1.165, 1.54) is 6.07 Å². The van der Waals surface area contributed by atoms with Crippen LogP contribution in [-0.2, 0) is 4.79 Å². The van der Waals surface area contributed by atoms with Crippen LogP contribution in [0.1, 0.15) is 37.0 Å². The number of fused-ring (bicyclic) bond motifs is 1. The molecule has 7 heteroatoms. The molecule has 7 nitrogen and oxygen atoms in total. The topological polar surface area (TPSA) is 109 Å². The molecule has 1 aliphatic heterocycles. The highest BCUT2D eigenvalue weighted by atomic mass is 16.3. The zero-order valence-corrected chi connectivity index (χ0v) is 15.7. The quantitative estimate of drug-likeness (QED) is 0.758. The van der Waals surface area contributed by atoms with Crippen LogP contribution in [0.25, 0.3) is 10.9 Å². The summed E-state index contributed by atoms with van der Waals surface area (Å²) in [6, 6.07) is 8.11. The summed E-state index contributed by atoms with van der Waals surface area (Å²) in [7, 11) is 0. The van der Waals surface area contributed by atoms with Crippen molar-refractivity contribution in [2.24, 2.45) is 11.7 Å². The molecular weight excluding hydrogens is 344 g/mol. The van der Waals surface area contributed by atoms with Gasteiger partial charge in [-0.15, -0.1) is 0 Å². The van der Waals surface area contributed by atoms with Gasteiger partial charge < -0.3 is 21.1 Å². The monoisotopic (exact) mass is 370 g/mol. The number of likely N-dealkylation sites (tertiary alicyclic amines) is 1. The van der Waals surface area contributed by atoms with Crippen molar-refractivity contribution in [3.8, 4) is 5.88 Å². The van der Waals surface area contributed by atoms with E-state index in [1.807, 2.05) is 25.1 Å². The largest absolute Gasteiger partial charge is 0.493 e. The van der Waals surface area contributed by atoms with Crippen molar-refractivity contribution < 1.29 is 14.7 Å². The van der Waals surface area contributed by atoms with E-state index in [0.717, 1.165) is 12.8 Å². The molecule has 1 aromatic heterocycles. The number of carbonyl (C=O) groups excluding carboxylic acids is 2. The Balaban J connectivity index is 1.66. The lowest BCUT2D eigenvalue weighted by Gasteiger charge is -2.35. The van der Waals surface area contributed by atoms with Crippen molar-refractivity contribution in [3.05, 3.63) is 35.9 Å². The molecule has 144 valence electrons. The SMILES string of the molecule is CC(NC(=O)c1cc(O)nc2ccccc12)C1CCN(C(=O)[C@H](C)N)CC1. The molecule has 0 spiro atoms. The van der Waals surface area contributed by atoms with Crippen LogP contribution >= 0.6 is 0 Å². The smallest absolute Gasteiger partial charge is 0.252 e. The molecule has 2 aromatic rings. The van der Waals surface area contributed by atoms with Gasteiger partial charge in [-0.25, -0.2) is 4.98 Å². The Kier molecular flexibility index (Phi) is 5.60. The Morgan fingerprint density at radius 1 is 1.26 bits per heavy atom. The van der Waals surface area contributed by atoms with E-state index in [4.69, 9.17) is 5.73 Å². The molecular formula is C20H26N4O3. The van der Waals surface area contributed by atoms with Crippen LogP contribution in [0.15, 0.2) is 30.3 Å². The van der Waals surface area contributed by atoms with E-state index in [1.54, 1.807) is 17.9 Å². The van der Waals surface area contributed by atoms with Gasteiger partial charge in [0.25, 0.3) is 5.91 Å². The van der Waals surface area contributed by atoms with Crippen LogP contribution in [-0.4, -0.2) is 52.0 Å². The number of hydrogen-bond acceptors (Lipinski definition) is 5. The molecule has 0 aliphatic carbocycles. The third-order valence-corrected chi connectivity index (χ3v) is 5.25. The predicted molar refractivity (Wildman–Crippen MR) is 103 cm³/mol. The molecule has 1 saturated heterocycles. The van der Waals surface area contributed by atoms with E-state index in [9.17, 15) is 14.7 Å². The van der Waals surface area contributed by atoms with Gasteiger partial charge in [0.1, 0.15) is 0 Å². The highest BCUT2D eigenvalue weighted by Gasteiger charge is 2.28. The Morgan fingerprint density at radius 2 is 1.93 bits per heavy atom. The first-order valence-corrected chi connectivity index (χ1v) is 9.31. The maximum Gasteiger partial charge on any atom is 0.252 e. The van der Waals surface area contributed by atoms with Crippen molar-refractivity contribution >= 4 is 22.7 Å². The van der Waals surface area contributed by atoms with Gasteiger partial charge in [-0.1, -0.05) is 18.2 Å². The maximum atomic E-state index is 12.8. The summed E-state index contributed by atoms with van der Waals surface area (Å²) in [6.45, 7) is 5.00. The van der Waals surface area contributed by atoms with Crippen molar-refractivity contribution in [1.82, 2.24) is 15.2 Å². The number of rotatable bonds is 4. The lowest BCUT2D eigenvalue weighted by Crippen LogP contribution is -2.49. The molecule has 1 unspecified atom stereocenters. The van der Waals surface area contributed by atoms with E-state index >= 15 is 0 Å². The first-order valence-electron chi connectivity index (χ1n) is 9.31. The number of hydrogen-bond donors (Lipinski definition) is 3. The molecule has 0 radical (unpaired) electrons. The second-order valence-corrected chi connectivity index (χ2v) is 7.26.